The van der Waals surface area contributed by atoms with Crippen molar-refractivity contribution in [2.45, 2.75) is 6.42 Å². The molecule has 0 unspecified atom stereocenters. The van der Waals surface area contributed by atoms with Gasteiger partial charge in [0.15, 0.2) is 0 Å². The minimum absolute atomic E-state index is 0.111. The lowest BCUT2D eigenvalue weighted by atomic mass is 10.3. The van der Waals surface area contributed by atoms with Crippen LogP contribution in [0.1, 0.15) is 15.4 Å². The third-order valence-corrected chi connectivity index (χ3v) is 2.71. The largest absolute Gasteiger partial charge is 0.352 e. The van der Waals surface area contributed by atoms with Crippen LogP contribution in [0.4, 0.5) is 0 Å². The van der Waals surface area contributed by atoms with Crippen molar-refractivity contribution in [3.8, 4) is 0 Å². The highest BCUT2D eigenvalue weighted by Crippen LogP contribution is 2.03. The van der Waals surface area contributed by atoms with Gasteiger partial charge in [-0.1, -0.05) is 0 Å². The Kier molecular flexibility index (Phi) is 3.08. The number of carbonyl (C=O) groups excluding carboxylic acids is 1. The van der Waals surface area contributed by atoms with Crippen molar-refractivity contribution >= 4 is 17.2 Å². The first-order chi connectivity index (χ1) is 7.36. The van der Waals surface area contributed by atoms with E-state index in [0.29, 0.717) is 12.1 Å². The highest BCUT2D eigenvalue weighted by atomic mass is 32.1. The predicted molar refractivity (Wildman–Crippen MR) is 56.7 cm³/mol. The number of carbonyl (C=O) groups is 1. The molecule has 0 saturated carbocycles. The van der Waals surface area contributed by atoms with Crippen molar-refractivity contribution in [2.24, 2.45) is 0 Å². The first-order valence-electron chi connectivity index (χ1n) is 4.51. The molecule has 0 atom stereocenters. The molecule has 2 N–H and O–H groups in total. The van der Waals surface area contributed by atoms with Crippen molar-refractivity contribution < 1.29 is 4.79 Å². The lowest BCUT2D eigenvalue weighted by Gasteiger charge is -2.00. The van der Waals surface area contributed by atoms with Gasteiger partial charge in [0.1, 0.15) is 0 Å². The van der Waals surface area contributed by atoms with Gasteiger partial charge in [0.25, 0.3) is 5.91 Å². The molecule has 15 heavy (non-hydrogen) atoms. The fourth-order valence-corrected chi connectivity index (χ4v) is 1.76. The summed E-state index contributed by atoms with van der Waals surface area (Å²) in [6.45, 7) is 0.595. The van der Waals surface area contributed by atoms with Crippen LogP contribution in [0, 0.1) is 0 Å². The maximum absolute atomic E-state index is 11.4. The van der Waals surface area contributed by atoms with Gasteiger partial charge < -0.3 is 5.32 Å². The summed E-state index contributed by atoms with van der Waals surface area (Å²) in [7, 11) is 0. The van der Waals surface area contributed by atoms with E-state index in [-0.39, 0.29) is 5.91 Å². The average molecular weight is 222 g/mol. The Morgan fingerprint density at radius 1 is 1.60 bits per heavy atom. The van der Waals surface area contributed by atoms with Crippen LogP contribution in [0.5, 0.6) is 0 Å². The van der Waals surface area contributed by atoms with Gasteiger partial charge in [0.2, 0.25) is 0 Å². The number of thiazole rings is 1. The summed E-state index contributed by atoms with van der Waals surface area (Å²) < 4.78 is 0. The van der Waals surface area contributed by atoms with Crippen molar-refractivity contribution in [1.82, 2.24) is 20.5 Å². The maximum Gasteiger partial charge on any atom is 0.254 e. The SMILES string of the molecule is O=C(NCCc1nccs1)c1cn[nH]c1. The van der Waals surface area contributed by atoms with E-state index >= 15 is 0 Å². The zero-order chi connectivity index (χ0) is 10.5. The molecule has 0 saturated heterocycles. The number of rotatable bonds is 4. The molecule has 5 nitrogen and oxygen atoms in total. The Labute approximate surface area is 90.6 Å². The zero-order valence-corrected chi connectivity index (χ0v) is 8.75. The summed E-state index contributed by atoms with van der Waals surface area (Å²) in [5, 5.41) is 12.0. The molecular formula is C9H10N4OS. The van der Waals surface area contributed by atoms with Gasteiger partial charge in [-0.15, -0.1) is 11.3 Å². The maximum atomic E-state index is 11.4. The average Bonchev–Trinajstić information content (AvgIpc) is 2.90. The summed E-state index contributed by atoms with van der Waals surface area (Å²) in [6.07, 6.45) is 5.59. The van der Waals surface area contributed by atoms with E-state index in [0.717, 1.165) is 11.4 Å². The summed E-state index contributed by atoms with van der Waals surface area (Å²) in [5.41, 5.74) is 0.550. The third kappa shape index (κ3) is 2.63. The summed E-state index contributed by atoms with van der Waals surface area (Å²) in [5.74, 6) is -0.111. The molecule has 0 aliphatic carbocycles. The highest BCUT2D eigenvalue weighted by Gasteiger charge is 2.05. The molecule has 0 aliphatic rings. The molecule has 0 aromatic carbocycles. The molecule has 2 heterocycles. The van der Waals surface area contributed by atoms with Gasteiger partial charge >= 0.3 is 0 Å². The van der Waals surface area contributed by atoms with Crippen LogP contribution >= 0.6 is 11.3 Å². The number of nitrogens with one attached hydrogen (secondary N) is 2. The smallest absolute Gasteiger partial charge is 0.254 e. The fraction of sp³-hybridized carbons (Fsp3) is 0.222. The Balaban J connectivity index is 1.77. The number of hydrogen-bond donors (Lipinski definition) is 2. The molecule has 0 aliphatic heterocycles. The quantitative estimate of drug-likeness (QED) is 0.805. The molecular weight excluding hydrogens is 212 g/mol. The number of H-pyrrole nitrogens is 1. The van der Waals surface area contributed by atoms with Crippen LogP contribution in [-0.4, -0.2) is 27.6 Å². The van der Waals surface area contributed by atoms with Crippen LogP contribution in [0.2, 0.25) is 0 Å². The number of nitrogens with zero attached hydrogens (tertiary/aromatic N) is 2. The Bertz CT molecular complexity index is 409. The topological polar surface area (TPSA) is 70.7 Å². The number of aromatic amines is 1. The van der Waals surface area contributed by atoms with E-state index < -0.39 is 0 Å². The first kappa shape index (κ1) is 9.85. The number of aromatic nitrogens is 3. The molecule has 0 fully saturated rings. The van der Waals surface area contributed by atoms with E-state index in [1.165, 1.54) is 6.20 Å². The van der Waals surface area contributed by atoms with E-state index in [4.69, 9.17) is 0 Å². The lowest BCUT2D eigenvalue weighted by molar-refractivity contribution is 0.0954. The normalized spacial score (nSPS) is 10.1. The molecule has 2 aromatic heterocycles. The van der Waals surface area contributed by atoms with Crippen LogP contribution in [-0.2, 0) is 6.42 Å². The second-order valence-electron chi connectivity index (χ2n) is 2.92. The standard InChI is InChI=1S/C9H10N4OS/c14-9(7-5-12-13-6-7)11-2-1-8-10-3-4-15-8/h3-6H,1-2H2,(H,11,14)(H,12,13). The van der Waals surface area contributed by atoms with E-state index in [1.54, 1.807) is 23.7 Å². The minimum Gasteiger partial charge on any atom is -0.352 e. The van der Waals surface area contributed by atoms with Crippen molar-refractivity contribution in [1.29, 1.82) is 0 Å². The van der Waals surface area contributed by atoms with Gasteiger partial charge in [0.05, 0.1) is 16.8 Å². The summed E-state index contributed by atoms with van der Waals surface area (Å²) >= 11 is 1.59. The second-order valence-corrected chi connectivity index (χ2v) is 3.90. The Hall–Kier alpha value is -1.69. The van der Waals surface area contributed by atoms with Gasteiger partial charge in [-0.25, -0.2) is 4.98 Å². The fourth-order valence-electron chi connectivity index (χ4n) is 1.14. The molecule has 78 valence electrons. The first-order valence-corrected chi connectivity index (χ1v) is 5.39. The van der Waals surface area contributed by atoms with Crippen molar-refractivity contribution in [3.05, 3.63) is 34.5 Å². The zero-order valence-electron chi connectivity index (χ0n) is 7.93. The number of amides is 1. The molecule has 0 bridgehead atoms. The monoisotopic (exact) mass is 222 g/mol. The van der Waals surface area contributed by atoms with Crippen LogP contribution in [0.3, 0.4) is 0 Å². The predicted octanol–water partition coefficient (Wildman–Crippen LogP) is 0.839. The molecule has 6 heteroatoms. The Morgan fingerprint density at radius 3 is 3.20 bits per heavy atom. The van der Waals surface area contributed by atoms with Gasteiger partial charge in [-0.3, -0.25) is 9.89 Å². The minimum atomic E-state index is -0.111. The Morgan fingerprint density at radius 2 is 2.53 bits per heavy atom. The summed E-state index contributed by atoms with van der Waals surface area (Å²) in [6, 6.07) is 0. The number of hydrogen-bond acceptors (Lipinski definition) is 4. The van der Waals surface area contributed by atoms with Crippen molar-refractivity contribution in [2.75, 3.05) is 6.54 Å². The highest BCUT2D eigenvalue weighted by molar-refractivity contribution is 7.09. The van der Waals surface area contributed by atoms with Crippen LogP contribution in [0.15, 0.2) is 24.0 Å². The van der Waals surface area contributed by atoms with E-state index in [2.05, 4.69) is 20.5 Å². The molecule has 2 aromatic rings. The second kappa shape index (κ2) is 4.70. The molecule has 2 rings (SSSR count). The lowest BCUT2D eigenvalue weighted by Crippen LogP contribution is -2.25. The molecule has 0 radical (unpaired) electrons. The van der Waals surface area contributed by atoms with E-state index in [1.807, 2.05) is 5.38 Å². The molecule has 1 amide bonds. The molecule has 0 spiro atoms. The van der Waals surface area contributed by atoms with Crippen LogP contribution < -0.4 is 5.32 Å². The third-order valence-electron chi connectivity index (χ3n) is 1.87. The van der Waals surface area contributed by atoms with Gasteiger partial charge in [-0.05, 0) is 0 Å². The van der Waals surface area contributed by atoms with Crippen molar-refractivity contribution in [3.63, 3.8) is 0 Å². The van der Waals surface area contributed by atoms with Gasteiger partial charge in [0, 0.05) is 30.7 Å². The summed E-state index contributed by atoms with van der Waals surface area (Å²) in [4.78, 5) is 15.6. The van der Waals surface area contributed by atoms with Gasteiger partial charge in [-0.2, -0.15) is 5.10 Å². The van der Waals surface area contributed by atoms with Crippen LogP contribution in [0.25, 0.3) is 0 Å². The van der Waals surface area contributed by atoms with E-state index in [9.17, 15) is 4.79 Å².